The predicted octanol–water partition coefficient (Wildman–Crippen LogP) is 0.942. The molecule has 1 heterocycles. The molecule has 0 unspecified atom stereocenters. The van der Waals surface area contributed by atoms with Crippen molar-refractivity contribution in [3.8, 4) is 0 Å². The highest BCUT2D eigenvalue weighted by atomic mass is 16.3. The third kappa shape index (κ3) is 3.47. The molecule has 2 rings (SSSR count). The fraction of sp³-hybridized carbons (Fsp3) is 0.769. The van der Waals surface area contributed by atoms with E-state index >= 15 is 0 Å². The average Bonchev–Trinajstić information content (AvgIpc) is 2.43. The average molecular weight is 280 g/mol. The third-order valence-electron chi connectivity index (χ3n) is 3.65. The van der Waals surface area contributed by atoms with Crippen molar-refractivity contribution in [1.29, 1.82) is 0 Å². The van der Waals surface area contributed by atoms with Crippen LogP contribution in [-0.2, 0) is 0 Å². The number of hydrogen-bond donors (Lipinski definition) is 3. The predicted molar refractivity (Wildman–Crippen MR) is 80.2 cm³/mol. The summed E-state index contributed by atoms with van der Waals surface area (Å²) in [4.78, 5) is 15.2. The number of aliphatic hydroxyl groups excluding tert-OH is 1. The highest BCUT2D eigenvalue weighted by molar-refractivity contribution is 5.43. The van der Waals surface area contributed by atoms with Gasteiger partial charge in [0.05, 0.1) is 6.10 Å². The maximum absolute atomic E-state index is 9.29. The number of hydrogen-bond acceptors (Lipinski definition) is 7. The lowest BCUT2D eigenvalue weighted by molar-refractivity contribution is 0.0486. The maximum atomic E-state index is 9.29. The quantitative estimate of drug-likeness (QED) is 0.685. The Morgan fingerprint density at radius 3 is 2.35 bits per heavy atom. The van der Waals surface area contributed by atoms with Crippen LogP contribution in [0.1, 0.15) is 26.7 Å². The molecule has 7 heteroatoms. The minimum absolute atomic E-state index is 0.126. The molecule has 20 heavy (non-hydrogen) atoms. The largest absolute Gasteiger partial charge is 0.393 e. The van der Waals surface area contributed by atoms with Crippen LogP contribution in [0.3, 0.4) is 0 Å². The number of rotatable bonds is 7. The van der Waals surface area contributed by atoms with Crippen molar-refractivity contribution < 1.29 is 5.11 Å². The molecule has 0 bridgehead atoms. The molecule has 1 fully saturated rings. The summed E-state index contributed by atoms with van der Waals surface area (Å²) in [6.07, 6.45) is 1.60. The van der Waals surface area contributed by atoms with E-state index in [1.807, 2.05) is 0 Å². The SMILES string of the molecule is CCN(CC)c1nc(NC)nc(NCC2CC(O)C2)n1. The van der Waals surface area contributed by atoms with Gasteiger partial charge in [-0.2, -0.15) is 15.0 Å². The van der Waals surface area contributed by atoms with E-state index in [1.165, 1.54) is 0 Å². The number of aromatic nitrogens is 3. The second-order valence-corrected chi connectivity index (χ2v) is 5.08. The van der Waals surface area contributed by atoms with Crippen LogP contribution in [0.4, 0.5) is 17.8 Å². The van der Waals surface area contributed by atoms with E-state index < -0.39 is 0 Å². The molecule has 0 aromatic carbocycles. The topological polar surface area (TPSA) is 86.2 Å². The molecule has 1 aliphatic carbocycles. The zero-order chi connectivity index (χ0) is 14.5. The van der Waals surface area contributed by atoms with Crippen molar-refractivity contribution in [3.05, 3.63) is 0 Å². The van der Waals surface area contributed by atoms with E-state index in [-0.39, 0.29) is 6.10 Å². The Bertz CT molecular complexity index is 431. The molecule has 0 amide bonds. The smallest absolute Gasteiger partial charge is 0.231 e. The van der Waals surface area contributed by atoms with Crippen LogP contribution in [0, 0.1) is 5.92 Å². The van der Waals surface area contributed by atoms with Gasteiger partial charge in [0.15, 0.2) is 0 Å². The summed E-state index contributed by atoms with van der Waals surface area (Å²) in [5, 5.41) is 15.5. The Hall–Kier alpha value is -1.63. The van der Waals surface area contributed by atoms with Gasteiger partial charge in [0.2, 0.25) is 17.8 Å². The minimum atomic E-state index is -0.126. The highest BCUT2D eigenvalue weighted by Gasteiger charge is 2.27. The van der Waals surface area contributed by atoms with Crippen LogP contribution in [-0.4, -0.2) is 52.8 Å². The second kappa shape index (κ2) is 6.69. The van der Waals surface area contributed by atoms with Crippen molar-refractivity contribution in [1.82, 2.24) is 15.0 Å². The minimum Gasteiger partial charge on any atom is -0.393 e. The zero-order valence-electron chi connectivity index (χ0n) is 12.4. The van der Waals surface area contributed by atoms with Crippen LogP contribution in [0.15, 0.2) is 0 Å². The Morgan fingerprint density at radius 2 is 1.80 bits per heavy atom. The van der Waals surface area contributed by atoms with Crippen molar-refractivity contribution >= 4 is 17.8 Å². The lowest BCUT2D eigenvalue weighted by atomic mass is 9.82. The van der Waals surface area contributed by atoms with Gasteiger partial charge in [-0.15, -0.1) is 0 Å². The van der Waals surface area contributed by atoms with E-state index in [0.29, 0.717) is 23.8 Å². The maximum Gasteiger partial charge on any atom is 0.231 e. The summed E-state index contributed by atoms with van der Waals surface area (Å²) < 4.78 is 0. The number of nitrogens with one attached hydrogen (secondary N) is 2. The summed E-state index contributed by atoms with van der Waals surface area (Å²) in [6, 6.07) is 0. The summed E-state index contributed by atoms with van der Waals surface area (Å²) in [6.45, 7) is 6.67. The van der Waals surface area contributed by atoms with Gasteiger partial charge in [0, 0.05) is 26.7 Å². The first-order valence-corrected chi connectivity index (χ1v) is 7.26. The Kier molecular flexibility index (Phi) is 4.94. The van der Waals surface area contributed by atoms with Gasteiger partial charge in [0.1, 0.15) is 0 Å². The summed E-state index contributed by atoms with van der Waals surface area (Å²) in [5.74, 6) is 2.35. The van der Waals surface area contributed by atoms with Gasteiger partial charge in [-0.25, -0.2) is 0 Å². The van der Waals surface area contributed by atoms with Crippen molar-refractivity contribution in [2.24, 2.45) is 5.92 Å². The Labute approximate surface area is 119 Å². The van der Waals surface area contributed by atoms with Gasteiger partial charge < -0.3 is 20.6 Å². The molecule has 0 radical (unpaired) electrons. The fourth-order valence-electron chi connectivity index (χ4n) is 2.31. The molecular weight excluding hydrogens is 256 g/mol. The second-order valence-electron chi connectivity index (χ2n) is 5.08. The van der Waals surface area contributed by atoms with E-state index in [0.717, 1.165) is 32.5 Å². The van der Waals surface area contributed by atoms with Crippen molar-refractivity contribution in [2.75, 3.05) is 42.2 Å². The first-order valence-electron chi connectivity index (χ1n) is 7.26. The first-order chi connectivity index (χ1) is 9.66. The van der Waals surface area contributed by atoms with Gasteiger partial charge in [-0.05, 0) is 32.6 Å². The lowest BCUT2D eigenvalue weighted by Gasteiger charge is -2.31. The van der Waals surface area contributed by atoms with Gasteiger partial charge in [0.25, 0.3) is 0 Å². The van der Waals surface area contributed by atoms with E-state index in [2.05, 4.69) is 44.3 Å². The van der Waals surface area contributed by atoms with E-state index in [1.54, 1.807) is 7.05 Å². The number of anilines is 3. The van der Waals surface area contributed by atoms with Crippen LogP contribution < -0.4 is 15.5 Å². The molecule has 0 spiro atoms. The first kappa shape index (κ1) is 14.8. The van der Waals surface area contributed by atoms with Gasteiger partial charge in [-0.3, -0.25) is 0 Å². The molecule has 1 aromatic rings. The Morgan fingerprint density at radius 1 is 1.15 bits per heavy atom. The third-order valence-corrected chi connectivity index (χ3v) is 3.65. The molecule has 0 aliphatic heterocycles. The summed E-state index contributed by atoms with van der Waals surface area (Å²) >= 11 is 0. The van der Waals surface area contributed by atoms with Crippen LogP contribution in [0.25, 0.3) is 0 Å². The van der Waals surface area contributed by atoms with Crippen molar-refractivity contribution in [2.45, 2.75) is 32.8 Å². The molecule has 1 saturated carbocycles. The fourth-order valence-corrected chi connectivity index (χ4v) is 2.31. The lowest BCUT2D eigenvalue weighted by Crippen LogP contribution is -2.33. The Balaban J connectivity index is 2.05. The molecule has 1 aliphatic rings. The van der Waals surface area contributed by atoms with Crippen LogP contribution >= 0.6 is 0 Å². The molecule has 0 atom stereocenters. The standard InChI is InChI=1S/C13H24N6O/c1-4-19(5-2)13-17-11(14-3)16-12(18-13)15-8-9-6-10(20)7-9/h9-10,20H,4-8H2,1-3H3,(H2,14,15,16,17,18). The van der Waals surface area contributed by atoms with Gasteiger partial charge >= 0.3 is 0 Å². The normalized spacial score (nSPS) is 21.2. The number of aliphatic hydroxyl groups is 1. The van der Waals surface area contributed by atoms with Crippen molar-refractivity contribution in [3.63, 3.8) is 0 Å². The zero-order valence-corrected chi connectivity index (χ0v) is 12.4. The molecule has 3 N–H and O–H groups in total. The van der Waals surface area contributed by atoms with E-state index in [4.69, 9.17) is 0 Å². The van der Waals surface area contributed by atoms with Gasteiger partial charge in [-0.1, -0.05) is 0 Å². The summed E-state index contributed by atoms with van der Waals surface area (Å²) in [5.41, 5.74) is 0. The van der Waals surface area contributed by atoms with Crippen LogP contribution in [0.2, 0.25) is 0 Å². The number of nitrogens with zero attached hydrogens (tertiary/aromatic N) is 4. The monoisotopic (exact) mass is 280 g/mol. The molecule has 0 saturated heterocycles. The molecule has 1 aromatic heterocycles. The van der Waals surface area contributed by atoms with Crippen LogP contribution in [0.5, 0.6) is 0 Å². The molecular formula is C13H24N6O. The summed E-state index contributed by atoms with van der Waals surface area (Å²) in [7, 11) is 1.80. The van der Waals surface area contributed by atoms with E-state index in [9.17, 15) is 5.11 Å². The highest BCUT2D eigenvalue weighted by Crippen LogP contribution is 2.27. The molecule has 7 nitrogen and oxygen atoms in total. The molecule has 112 valence electrons.